The number of methoxy groups -OCH3 is 1. The van der Waals surface area contributed by atoms with Crippen molar-refractivity contribution in [1.82, 2.24) is 15.5 Å². The Hall–Kier alpha value is -0.0800. The van der Waals surface area contributed by atoms with E-state index in [9.17, 15) is 0 Å². The number of hydrogen-bond acceptors (Lipinski definition) is 3. The van der Waals surface area contributed by atoms with Crippen molar-refractivity contribution >= 4 is 29.9 Å². The molecule has 23 heavy (non-hydrogen) atoms. The Kier molecular flexibility index (Phi) is 11.4. The van der Waals surface area contributed by atoms with Crippen molar-refractivity contribution in [2.75, 3.05) is 39.8 Å². The van der Waals surface area contributed by atoms with Crippen molar-refractivity contribution in [3.63, 3.8) is 0 Å². The van der Waals surface area contributed by atoms with E-state index < -0.39 is 0 Å². The van der Waals surface area contributed by atoms with Gasteiger partial charge in [0.25, 0.3) is 0 Å². The molecule has 6 heteroatoms. The molecule has 0 radical (unpaired) electrons. The highest BCUT2D eigenvalue weighted by atomic mass is 127. The summed E-state index contributed by atoms with van der Waals surface area (Å²) in [5.41, 5.74) is -0.227. The van der Waals surface area contributed by atoms with Gasteiger partial charge in [0.2, 0.25) is 0 Å². The van der Waals surface area contributed by atoms with E-state index in [1.165, 1.54) is 25.9 Å². The van der Waals surface area contributed by atoms with E-state index in [1.807, 2.05) is 0 Å². The molecule has 1 aliphatic rings. The molecule has 0 aromatic heterocycles. The van der Waals surface area contributed by atoms with Gasteiger partial charge in [0.1, 0.15) is 0 Å². The summed E-state index contributed by atoms with van der Waals surface area (Å²) in [4.78, 5) is 7.28. The fourth-order valence-corrected chi connectivity index (χ4v) is 2.74. The zero-order valence-electron chi connectivity index (χ0n) is 15.8. The zero-order chi connectivity index (χ0) is 16.6. The molecule has 5 nitrogen and oxygen atoms in total. The fraction of sp³-hybridized carbons (Fsp3) is 0.941. The van der Waals surface area contributed by atoms with Crippen LogP contribution in [-0.4, -0.2) is 62.3 Å². The Balaban J connectivity index is 0.00000484. The van der Waals surface area contributed by atoms with Crippen molar-refractivity contribution in [2.45, 2.75) is 59.1 Å². The van der Waals surface area contributed by atoms with Crippen LogP contribution in [0.25, 0.3) is 0 Å². The molecule has 1 heterocycles. The minimum Gasteiger partial charge on any atom is -0.377 e. The third kappa shape index (κ3) is 8.54. The van der Waals surface area contributed by atoms with Gasteiger partial charge in [-0.15, -0.1) is 24.0 Å². The Labute approximate surface area is 160 Å². The Morgan fingerprint density at radius 1 is 1.22 bits per heavy atom. The first-order valence-corrected chi connectivity index (χ1v) is 8.71. The van der Waals surface area contributed by atoms with Crippen LogP contribution in [0, 0.1) is 5.92 Å². The topological polar surface area (TPSA) is 48.9 Å². The molecule has 138 valence electrons. The molecular weight excluding hydrogens is 403 g/mol. The van der Waals surface area contributed by atoms with E-state index in [0.29, 0.717) is 18.5 Å². The first-order valence-electron chi connectivity index (χ1n) is 8.71. The molecule has 1 saturated heterocycles. The largest absolute Gasteiger partial charge is 0.377 e. The van der Waals surface area contributed by atoms with E-state index in [0.717, 1.165) is 19.0 Å². The summed E-state index contributed by atoms with van der Waals surface area (Å²) in [5, 5.41) is 6.85. The Bertz CT molecular complexity index is 341. The van der Waals surface area contributed by atoms with Crippen LogP contribution in [0.3, 0.4) is 0 Å². The SMILES string of the molecule is CCNC(=NCC(C)(C)OC)NCC(C(C)C)N1CCCC1.I. The fourth-order valence-electron chi connectivity index (χ4n) is 2.74. The van der Waals surface area contributed by atoms with Gasteiger partial charge in [0, 0.05) is 26.2 Å². The number of rotatable bonds is 8. The summed E-state index contributed by atoms with van der Waals surface area (Å²) in [7, 11) is 1.73. The van der Waals surface area contributed by atoms with Gasteiger partial charge in [-0.25, -0.2) is 0 Å². The van der Waals surface area contributed by atoms with Gasteiger partial charge in [-0.2, -0.15) is 0 Å². The molecule has 1 fully saturated rings. The second-order valence-electron chi connectivity index (χ2n) is 7.09. The number of halogens is 1. The molecule has 1 aliphatic heterocycles. The van der Waals surface area contributed by atoms with Crippen LogP contribution >= 0.6 is 24.0 Å². The molecule has 0 bridgehead atoms. The maximum Gasteiger partial charge on any atom is 0.191 e. The van der Waals surface area contributed by atoms with Crippen LogP contribution < -0.4 is 10.6 Å². The first kappa shape index (κ1) is 22.9. The van der Waals surface area contributed by atoms with Crippen molar-refractivity contribution < 1.29 is 4.74 Å². The summed E-state index contributed by atoms with van der Waals surface area (Å²) >= 11 is 0. The summed E-state index contributed by atoms with van der Waals surface area (Å²) in [6, 6.07) is 0.571. The zero-order valence-corrected chi connectivity index (χ0v) is 18.1. The Morgan fingerprint density at radius 2 is 1.83 bits per heavy atom. The first-order chi connectivity index (χ1) is 10.4. The summed E-state index contributed by atoms with van der Waals surface area (Å²) < 4.78 is 5.44. The molecule has 1 unspecified atom stereocenters. The maximum absolute atomic E-state index is 5.44. The van der Waals surface area contributed by atoms with Crippen molar-refractivity contribution in [3.8, 4) is 0 Å². The van der Waals surface area contributed by atoms with E-state index in [4.69, 9.17) is 4.74 Å². The summed E-state index contributed by atoms with van der Waals surface area (Å²) in [6.45, 7) is 15.7. The monoisotopic (exact) mass is 440 g/mol. The molecule has 1 rings (SSSR count). The minimum absolute atomic E-state index is 0. The lowest BCUT2D eigenvalue weighted by atomic mass is 10.0. The van der Waals surface area contributed by atoms with Crippen LogP contribution in [0.15, 0.2) is 4.99 Å². The van der Waals surface area contributed by atoms with Gasteiger partial charge in [-0.05, 0) is 52.6 Å². The van der Waals surface area contributed by atoms with E-state index in [1.54, 1.807) is 7.11 Å². The maximum atomic E-state index is 5.44. The molecule has 0 amide bonds. The van der Waals surface area contributed by atoms with E-state index in [2.05, 4.69) is 55.1 Å². The van der Waals surface area contributed by atoms with Gasteiger partial charge in [-0.3, -0.25) is 9.89 Å². The van der Waals surface area contributed by atoms with Crippen molar-refractivity contribution in [1.29, 1.82) is 0 Å². The van der Waals surface area contributed by atoms with Crippen LogP contribution in [0.1, 0.15) is 47.5 Å². The molecule has 0 aromatic carbocycles. The highest BCUT2D eigenvalue weighted by Gasteiger charge is 2.24. The van der Waals surface area contributed by atoms with Crippen molar-refractivity contribution in [3.05, 3.63) is 0 Å². The van der Waals surface area contributed by atoms with Gasteiger partial charge in [0.05, 0.1) is 12.1 Å². The number of guanidine groups is 1. The van der Waals surface area contributed by atoms with E-state index in [-0.39, 0.29) is 29.6 Å². The number of hydrogen-bond donors (Lipinski definition) is 2. The molecular formula is C17H37IN4O. The quantitative estimate of drug-likeness (QED) is 0.346. The van der Waals surface area contributed by atoms with Gasteiger partial charge < -0.3 is 15.4 Å². The average Bonchev–Trinajstić information content (AvgIpc) is 2.98. The predicted molar refractivity (Wildman–Crippen MR) is 110 cm³/mol. The third-order valence-electron chi connectivity index (χ3n) is 4.37. The van der Waals surface area contributed by atoms with Gasteiger partial charge in [-0.1, -0.05) is 13.8 Å². The standard InChI is InChI=1S/C17H36N4O.HI/c1-7-18-16(20-13-17(4,5)22-6)19-12-15(14(2)3)21-10-8-9-11-21;/h14-15H,7-13H2,1-6H3,(H2,18,19,20);1H. The van der Waals surface area contributed by atoms with Crippen LogP contribution in [0.5, 0.6) is 0 Å². The molecule has 0 aromatic rings. The molecule has 1 atom stereocenters. The lowest BCUT2D eigenvalue weighted by Crippen LogP contribution is -2.49. The number of nitrogens with one attached hydrogen (secondary N) is 2. The normalized spacial score (nSPS) is 18.0. The minimum atomic E-state index is -0.227. The second kappa shape index (κ2) is 11.5. The number of aliphatic imine (C=N–C) groups is 1. The molecule has 0 saturated carbocycles. The predicted octanol–water partition coefficient (Wildman–Crippen LogP) is 2.70. The molecule has 0 spiro atoms. The highest BCUT2D eigenvalue weighted by molar-refractivity contribution is 14.0. The number of nitrogens with zero attached hydrogens (tertiary/aromatic N) is 2. The molecule has 2 N–H and O–H groups in total. The van der Waals surface area contributed by atoms with Crippen LogP contribution in [0.2, 0.25) is 0 Å². The Morgan fingerprint density at radius 3 is 2.30 bits per heavy atom. The van der Waals surface area contributed by atoms with E-state index >= 15 is 0 Å². The third-order valence-corrected chi connectivity index (χ3v) is 4.37. The molecule has 0 aliphatic carbocycles. The van der Waals surface area contributed by atoms with Crippen LogP contribution in [-0.2, 0) is 4.74 Å². The lowest BCUT2D eigenvalue weighted by molar-refractivity contribution is 0.0310. The van der Waals surface area contributed by atoms with Gasteiger partial charge >= 0.3 is 0 Å². The number of ether oxygens (including phenoxy) is 1. The average molecular weight is 440 g/mol. The van der Waals surface area contributed by atoms with Crippen molar-refractivity contribution in [2.24, 2.45) is 10.9 Å². The summed E-state index contributed by atoms with van der Waals surface area (Å²) in [6.07, 6.45) is 2.67. The highest BCUT2D eigenvalue weighted by Crippen LogP contribution is 2.17. The number of likely N-dealkylation sites (tertiary alicyclic amines) is 1. The summed E-state index contributed by atoms with van der Waals surface area (Å²) in [5.74, 6) is 1.53. The van der Waals surface area contributed by atoms with Gasteiger partial charge in [0.15, 0.2) is 5.96 Å². The lowest BCUT2D eigenvalue weighted by Gasteiger charge is -2.31. The smallest absolute Gasteiger partial charge is 0.191 e. The second-order valence-corrected chi connectivity index (χ2v) is 7.09. The van der Waals surface area contributed by atoms with Crippen LogP contribution in [0.4, 0.5) is 0 Å².